The van der Waals surface area contributed by atoms with Crippen LogP contribution in [-0.4, -0.2) is 56.0 Å². The Morgan fingerprint density at radius 2 is 1.84 bits per heavy atom. The van der Waals surface area contributed by atoms with Gasteiger partial charge in [0.2, 0.25) is 5.91 Å². The second-order valence-electron chi connectivity index (χ2n) is 7.48. The standard InChI is InChI=1S/C24H26ClN3O3S/c1-28(2)13-12-26-22(29)15-18-14-21(32-24(18)17-4-8-19(25)9-5-17)23(27-30)16-6-10-20(31-3)11-7-16/h4-11,14,30H,12-13,15H2,1-3H3,(H,26,29). The Morgan fingerprint density at radius 3 is 2.44 bits per heavy atom. The molecule has 0 saturated heterocycles. The van der Waals surface area contributed by atoms with Crippen molar-refractivity contribution in [3.8, 4) is 16.2 Å². The van der Waals surface area contributed by atoms with Gasteiger partial charge < -0.3 is 20.2 Å². The van der Waals surface area contributed by atoms with Crippen molar-refractivity contribution in [3.05, 3.63) is 75.6 Å². The molecule has 0 spiro atoms. The third-order valence-corrected chi connectivity index (χ3v) is 6.33. The second-order valence-corrected chi connectivity index (χ2v) is 8.97. The van der Waals surface area contributed by atoms with Crippen LogP contribution in [0.3, 0.4) is 0 Å². The first-order chi connectivity index (χ1) is 15.4. The molecule has 32 heavy (non-hydrogen) atoms. The molecule has 0 radical (unpaired) electrons. The van der Waals surface area contributed by atoms with Gasteiger partial charge in [-0.1, -0.05) is 28.9 Å². The number of likely N-dealkylation sites (N-methyl/N-ethyl adjacent to an activating group) is 1. The fraction of sp³-hybridized carbons (Fsp3) is 0.250. The van der Waals surface area contributed by atoms with E-state index in [-0.39, 0.29) is 12.3 Å². The van der Waals surface area contributed by atoms with Gasteiger partial charge in [0.25, 0.3) is 0 Å². The summed E-state index contributed by atoms with van der Waals surface area (Å²) in [7, 11) is 5.53. The third-order valence-electron chi connectivity index (χ3n) is 4.84. The number of rotatable bonds is 9. The normalized spacial score (nSPS) is 11.6. The molecule has 1 heterocycles. The highest BCUT2D eigenvalue weighted by atomic mass is 35.5. The molecule has 8 heteroatoms. The molecule has 0 aliphatic heterocycles. The number of thiophene rings is 1. The maximum absolute atomic E-state index is 12.6. The highest BCUT2D eigenvalue weighted by Gasteiger charge is 2.19. The van der Waals surface area contributed by atoms with Crippen molar-refractivity contribution in [1.82, 2.24) is 10.2 Å². The predicted octanol–water partition coefficient (Wildman–Crippen LogP) is 4.52. The van der Waals surface area contributed by atoms with Gasteiger partial charge in [-0.15, -0.1) is 11.3 Å². The largest absolute Gasteiger partial charge is 0.497 e. The van der Waals surface area contributed by atoms with Crippen LogP contribution in [0, 0.1) is 0 Å². The van der Waals surface area contributed by atoms with E-state index in [2.05, 4.69) is 10.5 Å². The summed E-state index contributed by atoms with van der Waals surface area (Å²) in [5, 5.41) is 16.9. The lowest BCUT2D eigenvalue weighted by atomic mass is 10.0. The van der Waals surface area contributed by atoms with Crippen molar-refractivity contribution in [2.45, 2.75) is 6.42 Å². The van der Waals surface area contributed by atoms with Gasteiger partial charge in [-0.3, -0.25) is 4.79 Å². The van der Waals surface area contributed by atoms with Crippen LogP contribution >= 0.6 is 22.9 Å². The molecule has 0 atom stereocenters. The van der Waals surface area contributed by atoms with Crippen molar-refractivity contribution in [3.63, 3.8) is 0 Å². The minimum absolute atomic E-state index is 0.0571. The van der Waals surface area contributed by atoms with E-state index in [1.165, 1.54) is 11.3 Å². The lowest BCUT2D eigenvalue weighted by Gasteiger charge is -2.10. The third kappa shape index (κ3) is 6.09. The van der Waals surface area contributed by atoms with Crippen molar-refractivity contribution in [2.24, 2.45) is 5.16 Å². The number of carbonyl (C=O) groups excluding carboxylic acids is 1. The van der Waals surface area contributed by atoms with Gasteiger partial charge in [0.05, 0.1) is 18.4 Å². The highest BCUT2D eigenvalue weighted by molar-refractivity contribution is 7.17. The van der Waals surface area contributed by atoms with E-state index in [0.29, 0.717) is 23.0 Å². The predicted molar refractivity (Wildman–Crippen MR) is 130 cm³/mol. The monoisotopic (exact) mass is 471 g/mol. The van der Waals surface area contributed by atoms with Gasteiger partial charge in [0.15, 0.2) is 0 Å². The quantitative estimate of drug-likeness (QED) is 0.273. The van der Waals surface area contributed by atoms with Crippen molar-refractivity contribution < 1.29 is 14.7 Å². The summed E-state index contributed by atoms with van der Waals surface area (Å²) in [4.78, 5) is 16.3. The minimum Gasteiger partial charge on any atom is -0.497 e. The molecular weight excluding hydrogens is 446 g/mol. The average Bonchev–Trinajstić information content (AvgIpc) is 3.18. The zero-order chi connectivity index (χ0) is 23.1. The van der Waals surface area contributed by atoms with Crippen LogP contribution in [0.5, 0.6) is 5.75 Å². The summed E-state index contributed by atoms with van der Waals surface area (Å²) in [5.74, 6) is 0.660. The Morgan fingerprint density at radius 1 is 1.16 bits per heavy atom. The molecule has 2 aromatic carbocycles. The van der Waals surface area contributed by atoms with Crippen LogP contribution in [0.2, 0.25) is 5.02 Å². The number of methoxy groups -OCH3 is 1. The number of ether oxygens (including phenoxy) is 1. The van der Waals surface area contributed by atoms with E-state index < -0.39 is 0 Å². The van der Waals surface area contributed by atoms with E-state index in [0.717, 1.165) is 33.0 Å². The van der Waals surface area contributed by atoms with Crippen LogP contribution in [0.4, 0.5) is 0 Å². The highest BCUT2D eigenvalue weighted by Crippen LogP contribution is 2.35. The fourth-order valence-electron chi connectivity index (χ4n) is 3.17. The first-order valence-corrected chi connectivity index (χ1v) is 11.3. The van der Waals surface area contributed by atoms with E-state index in [1.54, 1.807) is 7.11 Å². The van der Waals surface area contributed by atoms with Crippen LogP contribution < -0.4 is 10.1 Å². The lowest BCUT2D eigenvalue weighted by molar-refractivity contribution is -0.120. The van der Waals surface area contributed by atoms with Crippen molar-refractivity contribution in [1.29, 1.82) is 0 Å². The second kappa shape index (κ2) is 11.1. The van der Waals surface area contributed by atoms with E-state index in [9.17, 15) is 10.0 Å². The SMILES string of the molecule is COc1ccc(C(=NO)c2cc(CC(=O)NCCN(C)C)c(-c3ccc(Cl)cc3)s2)cc1. The summed E-state index contributed by atoms with van der Waals surface area (Å²) in [5.41, 5.74) is 3.00. The number of halogens is 1. The summed E-state index contributed by atoms with van der Waals surface area (Å²) in [6, 6.07) is 16.7. The maximum Gasteiger partial charge on any atom is 0.224 e. The molecule has 0 bridgehead atoms. The summed E-state index contributed by atoms with van der Waals surface area (Å²) < 4.78 is 5.21. The molecule has 1 aromatic heterocycles. The number of oxime groups is 1. The zero-order valence-electron chi connectivity index (χ0n) is 18.3. The lowest BCUT2D eigenvalue weighted by Crippen LogP contribution is -2.32. The Kier molecular flexibility index (Phi) is 8.27. The van der Waals surface area contributed by atoms with Gasteiger partial charge in [-0.25, -0.2) is 0 Å². The Balaban J connectivity index is 1.93. The summed E-state index contributed by atoms with van der Waals surface area (Å²) in [6.45, 7) is 1.34. The van der Waals surface area contributed by atoms with Crippen molar-refractivity contribution >= 4 is 34.6 Å². The van der Waals surface area contributed by atoms with Gasteiger partial charge in [0, 0.05) is 28.6 Å². The molecule has 0 aliphatic rings. The van der Waals surface area contributed by atoms with E-state index in [4.69, 9.17) is 16.3 Å². The molecule has 0 aliphatic carbocycles. The fourth-order valence-corrected chi connectivity index (χ4v) is 4.49. The number of nitrogens with zero attached hydrogens (tertiary/aromatic N) is 2. The molecule has 6 nitrogen and oxygen atoms in total. The topological polar surface area (TPSA) is 74.2 Å². The number of nitrogens with one attached hydrogen (secondary N) is 1. The maximum atomic E-state index is 12.6. The molecule has 3 aromatic rings. The molecule has 1 amide bonds. The summed E-state index contributed by atoms with van der Waals surface area (Å²) >= 11 is 7.54. The van der Waals surface area contributed by atoms with Gasteiger partial charge in [-0.2, -0.15) is 0 Å². The van der Waals surface area contributed by atoms with Crippen LogP contribution in [0.25, 0.3) is 10.4 Å². The van der Waals surface area contributed by atoms with Crippen LogP contribution in [0.1, 0.15) is 16.0 Å². The molecule has 0 saturated carbocycles. The molecular formula is C24H26ClN3O3S. The first kappa shape index (κ1) is 23.8. The number of hydrogen-bond acceptors (Lipinski definition) is 6. The Bertz CT molecular complexity index is 1080. The van der Waals surface area contributed by atoms with Crippen LogP contribution in [-0.2, 0) is 11.2 Å². The van der Waals surface area contributed by atoms with Crippen molar-refractivity contribution in [2.75, 3.05) is 34.3 Å². The number of amides is 1. The number of hydrogen-bond donors (Lipinski definition) is 2. The zero-order valence-corrected chi connectivity index (χ0v) is 19.8. The number of benzene rings is 2. The summed E-state index contributed by atoms with van der Waals surface area (Å²) in [6.07, 6.45) is 0.225. The van der Waals surface area contributed by atoms with E-state index in [1.807, 2.05) is 73.6 Å². The van der Waals surface area contributed by atoms with Crippen LogP contribution in [0.15, 0.2) is 59.8 Å². The van der Waals surface area contributed by atoms with E-state index >= 15 is 0 Å². The van der Waals surface area contributed by atoms with Gasteiger partial charge >= 0.3 is 0 Å². The van der Waals surface area contributed by atoms with Gasteiger partial charge in [-0.05, 0) is 67.7 Å². The molecule has 0 unspecified atom stereocenters. The first-order valence-electron chi connectivity index (χ1n) is 10.1. The molecule has 3 rings (SSSR count). The molecule has 2 N–H and O–H groups in total. The molecule has 0 fully saturated rings. The smallest absolute Gasteiger partial charge is 0.224 e. The Labute approximate surface area is 197 Å². The number of carbonyl (C=O) groups is 1. The Hall–Kier alpha value is -2.87. The molecule has 168 valence electrons. The average molecular weight is 472 g/mol. The minimum atomic E-state index is -0.0571. The van der Waals surface area contributed by atoms with Gasteiger partial charge in [0.1, 0.15) is 11.5 Å².